The minimum absolute atomic E-state index is 0.0891. The fraction of sp³-hybridized carbons (Fsp3) is 0.632. The summed E-state index contributed by atoms with van der Waals surface area (Å²) in [5.41, 5.74) is 2.08. The first-order valence-electron chi connectivity index (χ1n) is 9.39. The van der Waals surface area contributed by atoms with Gasteiger partial charge in [0.25, 0.3) is 0 Å². The summed E-state index contributed by atoms with van der Waals surface area (Å²) in [4.78, 5) is 17.1. The highest BCUT2D eigenvalue weighted by atomic mass is 16.2. The minimum atomic E-state index is -0.0891. The number of hydrogen-bond donors (Lipinski definition) is 2. The van der Waals surface area contributed by atoms with Crippen molar-refractivity contribution in [3.05, 3.63) is 24.3 Å². The van der Waals surface area contributed by atoms with Crippen molar-refractivity contribution in [3.8, 4) is 0 Å². The molecule has 0 aliphatic carbocycles. The number of nitrogens with one attached hydrogen (secondary N) is 2. The molecular weight excluding hydrogens is 300 g/mol. The van der Waals surface area contributed by atoms with Gasteiger partial charge in [0.2, 0.25) is 0 Å². The molecule has 0 aromatic heterocycles. The predicted octanol–water partition coefficient (Wildman–Crippen LogP) is 3.28. The van der Waals surface area contributed by atoms with Gasteiger partial charge in [-0.05, 0) is 63.4 Å². The summed E-state index contributed by atoms with van der Waals surface area (Å²) in [5, 5.41) is 6.13. The van der Waals surface area contributed by atoms with Crippen LogP contribution in [0.5, 0.6) is 0 Å². The lowest BCUT2D eigenvalue weighted by Crippen LogP contribution is -2.48. The molecule has 0 spiro atoms. The maximum Gasteiger partial charge on any atom is 0.319 e. The van der Waals surface area contributed by atoms with E-state index in [4.69, 9.17) is 0 Å². The summed E-state index contributed by atoms with van der Waals surface area (Å²) in [7, 11) is 0. The molecule has 2 aliphatic heterocycles. The van der Waals surface area contributed by atoms with E-state index in [-0.39, 0.29) is 12.1 Å². The molecule has 5 heteroatoms. The number of nitrogens with zero attached hydrogens (tertiary/aromatic N) is 2. The highest BCUT2D eigenvalue weighted by Crippen LogP contribution is 2.23. The molecule has 2 N–H and O–H groups in total. The maximum absolute atomic E-state index is 12.3. The lowest BCUT2D eigenvalue weighted by molar-refractivity contribution is 0.196. The Bertz CT molecular complexity index is 542. The molecule has 0 radical (unpaired) electrons. The molecule has 1 unspecified atom stereocenters. The number of carbonyl (C=O) groups excluding carboxylic acids is 1. The van der Waals surface area contributed by atoms with Gasteiger partial charge in [-0.2, -0.15) is 0 Å². The Morgan fingerprint density at radius 2 is 2.00 bits per heavy atom. The van der Waals surface area contributed by atoms with Gasteiger partial charge >= 0.3 is 6.03 Å². The third-order valence-electron chi connectivity index (χ3n) is 5.11. The number of benzene rings is 1. The van der Waals surface area contributed by atoms with Crippen molar-refractivity contribution in [1.82, 2.24) is 10.2 Å². The van der Waals surface area contributed by atoms with E-state index < -0.39 is 0 Å². The SMILES string of the molecule is CCN1CCCC(NC(=O)Nc2cccc(N3CCCCC3)c2)C1. The summed E-state index contributed by atoms with van der Waals surface area (Å²) in [5.74, 6) is 0. The third kappa shape index (κ3) is 4.63. The molecule has 5 nitrogen and oxygen atoms in total. The molecule has 1 aromatic carbocycles. The standard InChI is InChI=1S/C19H30N4O/c1-2-22-11-7-9-17(15-22)21-19(24)20-16-8-6-10-18(14-16)23-12-4-3-5-13-23/h6,8,10,14,17H,2-5,7,9,11-13,15H2,1H3,(H2,20,21,24). The second-order valence-electron chi connectivity index (χ2n) is 6.93. The van der Waals surface area contributed by atoms with Crippen molar-refractivity contribution >= 4 is 17.4 Å². The van der Waals surface area contributed by atoms with Gasteiger partial charge in [0, 0.05) is 37.1 Å². The normalized spacial score (nSPS) is 22.2. The topological polar surface area (TPSA) is 47.6 Å². The van der Waals surface area contributed by atoms with Crippen molar-refractivity contribution in [2.24, 2.45) is 0 Å². The fourth-order valence-corrected chi connectivity index (χ4v) is 3.75. The van der Waals surface area contributed by atoms with Crippen LogP contribution in [0.2, 0.25) is 0 Å². The molecular formula is C19H30N4O. The molecule has 1 aromatic rings. The molecule has 2 amide bonds. The zero-order valence-electron chi connectivity index (χ0n) is 14.8. The molecule has 2 aliphatic rings. The van der Waals surface area contributed by atoms with Crippen molar-refractivity contribution in [1.29, 1.82) is 0 Å². The molecule has 3 rings (SSSR count). The van der Waals surface area contributed by atoms with Crippen LogP contribution in [0.4, 0.5) is 16.2 Å². The highest BCUT2D eigenvalue weighted by molar-refractivity contribution is 5.90. The molecule has 24 heavy (non-hydrogen) atoms. The zero-order valence-corrected chi connectivity index (χ0v) is 14.8. The first-order valence-corrected chi connectivity index (χ1v) is 9.39. The van der Waals surface area contributed by atoms with Crippen LogP contribution in [0.15, 0.2) is 24.3 Å². The molecule has 2 fully saturated rings. The third-order valence-corrected chi connectivity index (χ3v) is 5.11. The number of rotatable bonds is 4. The highest BCUT2D eigenvalue weighted by Gasteiger charge is 2.20. The average Bonchev–Trinajstić information content (AvgIpc) is 2.63. The van der Waals surface area contributed by atoms with Gasteiger partial charge in [-0.1, -0.05) is 13.0 Å². The van der Waals surface area contributed by atoms with Crippen molar-refractivity contribution in [3.63, 3.8) is 0 Å². The Balaban J connectivity index is 1.54. The largest absolute Gasteiger partial charge is 0.371 e. The lowest BCUT2D eigenvalue weighted by atomic mass is 10.1. The predicted molar refractivity (Wildman–Crippen MR) is 99.8 cm³/mol. The summed E-state index contributed by atoms with van der Waals surface area (Å²) < 4.78 is 0. The van der Waals surface area contributed by atoms with Crippen LogP contribution in [0.3, 0.4) is 0 Å². The van der Waals surface area contributed by atoms with Gasteiger partial charge in [0.05, 0.1) is 0 Å². The summed E-state index contributed by atoms with van der Waals surface area (Å²) in [6.45, 7) is 7.56. The van der Waals surface area contributed by atoms with E-state index in [1.165, 1.54) is 24.9 Å². The second-order valence-corrected chi connectivity index (χ2v) is 6.93. The monoisotopic (exact) mass is 330 g/mol. The summed E-state index contributed by atoms with van der Waals surface area (Å²) >= 11 is 0. The van der Waals surface area contributed by atoms with Gasteiger partial charge in [0.1, 0.15) is 0 Å². The van der Waals surface area contributed by atoms with Crippen LogP contribution in [0.25, 0.3) is 0 Å². The average molecular weight is 330 g/mol. The number of anilines is 2. The Kier molecular flexibility index (Phi) is 5.96. The summed E-state index contributed by atoms with van der Waals surface area (Å²) in [6, 6.07) is 8.38. The number of likely N-dealkylation sites (tertiary alicyclic amines) is 1. The van der Waals surface area contributed by atoms with Crippen LogP contribution in [-0.4, -0.2) is 49.7 Å². The minimum Gasteiger partial charge on any atom is -0.371 e. The van der Waals surface area contributed by atoms with E-state index in [0.717, 1.165) is 51.3 Å². The van der Waals surface area contributed by atoms with Gasteiger partial charge in [-0.15, -0.1) is 0 Å². The second kappa shape index (κ2) is 8.38. The number of hydrogen-bond acceptors (Lipinski definition) is 3. The molecule has 132 valence electrons. The fourth-order valence-electron chi connectivity index (χ4n) is 3.75. The Labute approximate surface area is 145 Å². The van der Waals surface area contributed by atoms with Gasteiger partial charge in [0.15, 0.2) is 0 Å². The first-order chi connectivity index (χ1) is 11.7. The van der Waals surface area contributed by atoms with E-state index in [2.05, 4.69) is 39.5 Å². The van der Waals surface area contributed by atoms with E-state index in [1.54, 1.807) is 0 Å². The Morgan fingerprint density at radius 1 is 1.17 bits per heavy atom. The van der Waals surface area contributed by atoms with Crippen molar-refractivity contribution < 1.29 is 4.79 Å². The van der Waals surface area contributed by atoms with E-state index >= 15 is 0 Å². The zero-order chi connectivity index (χ0) is 16.8. The van der Waals surface area contributed by atoms with Crippen LogP contribution in [-0.2, 0) is 0 Å². The number of likely N-dealkylation sites (N-methyl/N-ethyl adjacent to an activating group) is 1. The summed E-state index contributed by atoms with van der Waals surface area (Å²) in [6.07, 6.45) is 6.06. The maximum atomic E-state index is 12.3. The lowest BCUT2D eigenvalue weighted by Gasteiger charge is -2.32. The van der Waals surface area contributed by atoms with E-state index in [9.17, 15) is 4.79 Å². The number of piperidine rings is 2. The van der Waals surface area contributed by atoms with Gasteiger partial charge in [-0.25, -0.2) is 4.79 Å². The number of carbonyl (C=O) groups is 1. The van der Waals surface area contributed by atoms with E-state index in [0.29, 0.717) is 0 Å². The van der Waals surface area contributed by atoms with Gasteiger partial charge < -0.3 is 20.4 Å². The van der Waals surface area contributed by atoms with Crippen LogP contribution in [0.1, 0.15) is 39.0 Å². The quantitative estimate of drug-likeness (QED) is 0.891. The van der Waals surface area contributed by atoms with Gasteiger partial charge in [-0.3, -0.25) is 0 Å². The van der Waals surface area contributed by atoms with Crippen molar-refractivity contribution in [2.75, 3.05) is 42.9 Å². The van der Waals surface area contributed by atoms with Crippen LogP contribution in [0, 0.1) is 0 Å². The molecule has 1 atom stereocenters. The van der Waals surface area contributed by atoms with Crippen LogP contribution >= 0.6 is 0 Å². The first kappa shape index (κ1) is 17.1. The van der Waals surface area contributed by atoms with Crippen molar-refractivity contribution in [2.45, 2.75) is 45.1 Å². The number of urea groups is 1. The molecule has 2 saturated heterocycles. The Morgan fingerprint density at radius 3 is 2.79 bits per heavy atom. The Hall–Kier alpha value is -1.75. The molecule has 0 bridgehead atoms. The van der Waals surface area contributed by atoms with E-state index in [1.807, 2.05) is 12.1 Å². The smallest absolute Gasteiger partial charge is 0.319 e. The van der Waals surface area contributed by atoms with Crippen LogP contribution < -0.4 is 15.5 Å². The number of amides is 2. The molecule has 0 saturated carbocycles. The molecule has 2 heterocycles.